The Bertz CT molecular complexity index is 1340. The van der Waals surface area contributed by atoms with Crippen LogP contribution in [0.5, 0.6) is 11.6 Å². The Hall–Kier alpha value is -3.22. The van der Waals surface area contributed by atoms with Crippen LogP contribution in [-0.4, -0.2) is 49.0 Å². The first kappa shape index (κ1) is 23.9. The maximum absolute atomic E-state index is 12.8. The zero-order valence-electron chi connectivity index (χ0n) is 18.6. The molecule has 34 heavy (non-hydrogen) atoms. The van der Waals surface area contributed by atoms with Gasteiger partial charge in [-0.1, -0.05) is 15.5 Å². The van der Waals surface area contributed by atoms with Crippen LogP contribution in [0.4, 0.5) is 27.0 Å². The Morgan fingerprint density at radius 2 is 1.97 bits per heavy atom. The average molecular weight is 509 g/mol. The van der Waals surface area contributed by atoms with Crippen LogP contribution in [0.1, 0.15) is 16.8 Å². The minimum atomic E-state index is -5.11. The van der Waals surface area contributed by atoms with E-state index in [4.69, 9.17) is 16.3 Å². The first-order valence-corrected chi connectivity index (χ1v) is 11.9. The number of rotatable bonds is 7. The Morgan fingerprint density at radius 3 is 2.68 bits per heavy atom. The monoisotopic (exact) mass is 508 g/mol. The molecule has 2 aromatic heterocycles. The summed E-state index contributed by atoms with van der Waals surface area (Å²) >= 11 is 6.28. The molecule has 4 rings (SSSR count). The molecule has 1 aliphatic heterocycles. The summed E-state index contributed by atoms with van der Waals surface area (Å²) in [4.78, 5) is 15.5. The normalized spacial score (nSPS) is 13.8. The number of aromatic nitrogens is 3. The van der Waals surface area contributed by atoms with Gasteiger partial charge in [0.05, 0.1) is 19.0 Å². The smallest absolute Gasteiger partial charge is 0.480 e. The highest BCUT2D eigenvalue weighted by Crippen LogP contribution is 2.32. The van der Waals surface area contributed by atoms with Crippen LogP contribution in [0.15, 0.2) is 30.5 Å². The number of methoxy groups -OCH3 is 1. The van der Waals surface area contributed by atoms with Crippen LogP contribution < -0.4 is 19.6 Å². The molecule has 13 heteroatoms. The molecule has 0 saturated carbocycles. The summed E-state index contributed by atoms with van der Waals surface area (Å²) in [6.45, 7) is 3.40. The number of benzene rings is 1. The first-order chi connectivity index (χ1) is 16.1. The van der Waals surface area contributed by atoms with E-state index in [1.54, 1.807) is 14.0 Å². The van der Waals surface area contributed by atoms with E-state index < -0.39 is 10.5 Å². The quantitative estimate of drug-likeness (QED) is 0.454. The third kappa shape index (κ3) is 5.64. The number of nitrogens with one attached hydrogen (secondary N) is 2. The fraction of sp³-hybridized carbons (Fsp3) is 0.286. The van der Waals surface area contributed by atoms with Gasteiger partial charge in [0.25, 0.3) is 0 Å². The summed E-state index contributed by atoms with van der Waals surface area (Å²) in [6.07, 6.45) is 2.28. The fourth-order valence-electron chi connectivity index (χ4n) is 3.55. The molecule has 0 saturated heterocycles. The van der Waals surface area contributed by atoms with Crippen molar-refractivity contribution in [1.82, 2.24) is 19.9 Å². The molecule has 0 atom stereocenters. The molecule has 0 aliphatic carbocycles. The molecule has 0 amide bonds. The Kier molecular flexibility index (Phi) is 6.73. The van der Waals surface area contributed by atoms with Crippen LogP contribution in [-0.2, 0) is 23.5 Å². The minimum absolute atomic E-state index is 0.153. The third-order valence-electron chi connectivity index (χ3n) is 5.16. The fourth-order valence-corrected chi connectivity index (χ4v) is 4.02. The predicted octanol–water partition coefficient (Wildman–Crippen LogP) is 3.91. The van der Waals surface area contributed by atoms with Crippen molar-refractivity contribution in [1.29, 1.82) is 0 Å². The zero-order chi connectivity index (χ0) is 24.5. The van der Waals surface area contributed by atoms with Crippen LogP contribution in [0.3, 0.4) is 0 Å². The lowest BCUT2D eigenvalue weighted by Gasteiger charge is -2.25. The van der Waals surface area contributed by atoms with Crippen molar-refractivity contribution in [3.8, 4) is 11.6 Å². The largest absolute Gasteiger partial charge is 0.488 e. The summed E-state index contributed by atoms with van der Waals surface area (Å²) < 4.78 is 43.9. The van der Waals surface area contributed by atoms with Gasteiger partial charge >= 0.3 is 10.5 Å². The second kappa shape index (κ2) is 9.57. The molecule has 0 radical (unpaired) electrons. The van der Waals surface area contributed by atoms with E-state index in [9.17, 15) is 12.3 Å². The van der Waals surface area contributed by atoms with Gasteiger partial charge in [-0.2, -0.15) is 13.4 Å². The van der Waals surface area contributed by atoms with E-state index in [0.717, 1.165) is 30.8 Å². The number of fused-ring (bicyclic) bond motifs is 1. The van der Waals surface area contributed by atoms with E-state index in [2.05, 4.69) is 41.7 Å². The van der Waals surface area contributed by atoms with Gasteiger partial charge in [0.2, 0.25) is 11.8 Å². The van der Waals surface area contributed by atoms with E-state index in [1.165, 1.54) is 24.4 Å². The van der Waals surface area contributed by atoms with Gasteiger partial charge in [-0.05, 0) is 49.4 Å². The minimum Gasteiger partial charge on any atom is -0.480 e. The first-order valence-electron chi connectivity index (χ1n) is 10.2. The number of likely N-dealkylation sites (N-methyl/N-ethyl adjacent to an activating group) is 1. The van der Waals surface area contributed by atoms with Crippen molar-refractivity contribution < 1.29 is 21.2 Å². The molecule has 0 bridgehead atoms. The number of nitrogens with zero attached hydrogens (tertiary/aromatic N) is 4. The van der Waals surface area contributed by atoms with E-state index in [0.29, 0.717) is 28.6 Å². The standard InChI is InChI=1S/C21H22ClFN6O4S/c1-12-8-14(33-34(23,30)31)4-5-16(12)25-19-15(22)10-24-21(28-19)27-18-9-13-11-29(2)7-6-17(13)26-20(18)32-3/h4-5,8-10H,6-7,11H2,1-3H3,(H2,24,25,27,28). The molecule has 0 unspecified atom stereocenters. The zero-order valence-corrected chi connectivity index (χ0v) is 20.2. The summed E-state index contributed by atoms with van der Waals surface area (Å²) in [7, 11) is -1.51. The number of pyridine rings is 1. The van der Waals surface area contributed by atoms with Crippen molar-refractivity contribution in [2.24, 2.45) is 0 Å². The van der Waals surface area contributed by atoms with Gasteiger partial charge in [0.15, 0.2) is 5.82 Å². The lowest BCUT2D eigenvalue weighted by molar-refractivity contribution is 0.307. The molecule has 2 N–H and O–H groups in total. The van der Waals surface area contributed by atoms with Crippen LogP contribution in [0, 0.1) is 6.92 Å². The molecule has 1 aromatic carbocycles. The third-order valence-corrected chi connectivity index (χ3v) is 5.83. The maximum Gasteiger partial charge on any atom is 0.488 e. The van der Waals surface area contributed by atoms with E-state index in [-0.39, 0.29) is 16.7 Å². The SMILES string of the molecule is COc1nc2c(cc1Nc1ncc(Cl)c(Nc3ccc(OS(=O)(=O)F)cc3C)n1)CN(C)CC2. The number of halogens is 2. The Morgan fingerprint density at radius 1 is 1.18 bits per heavy atom. The van der Waals surface area contributed by atoms with Gasteiger partial charge in [-0.25, -0.2) is 9.97 Å². The van der Waals surface area contributed by atoms with Gasteiger partial charge in [0.1, 0.15) is 16.5 Å². The lowest BCUT2D eigenvalue weighted by Crippen LogP contribution is -2.27. The van der Waals surface area contributed by atoms with Crippen LogP contribution >= 0.6 is 11.6 Å². The number of hydrogen-bond donors (Lipinski definition) is 2. The van der Waals surface area contributed by atoms with E-state index >= 15 is 0 Å². The second-order valence-electron chi connectivity index (χ2n) is 7.73. The molecular formula is C21H22ClFN6O4S. The van der Waals surface area contributed by atoms with Crippen molar-refractivity contribution in [3.05, 3.63) is 52.3 Å². The van der Waals surface area contributed by atoms with Crippen LogP contribution in [0.2, 0.25) is 5.02 Å². The molecule has 180 valence electrons. The van der Waals surface area contributed by atoms with Crippen molar-refractivity contribution in [2.75, 3.05) is 31.3 Å². The predicted molar refractivity (Wildman–Crippen MR) is 126 cm³/mol. The highest BCUT2D eigenvalue weighted by atomic mass is 35.5. The summed E-state index contributed by atoms with van der Waals surface area (Å²) in [6, 6.07) is 6.17. The lowest BCUT2D eigenvalue weighted by atomic mass is 10.1. The van der Waals surface area contributed by atoms with Gasteiger partial charge in [-0.3, -0.25) is 0 Å². The van der Waals surface area contributed by atoms with Crippen molar-refractivity contribution in [3.63, 3.8) is 0 Å². The molecule has 3 heterocycles. The molecule has 0 fully saturated rings. The Labute approximate surface area is 201 Å². The number of anilines is 4. The highest BCUT2D eigenvalue weighted by Gasteiger charge is 2.19. The number of aryl methyl sites for hydroxylation is 1. The maximum atomic E-state index is 12.8. The summed E-state index contributed by atoms with van der Waals surface area (Å²) in [5, 5.41) is 6.46. The molecule has 0 spiro atoms. The molecule has 10 nitrogen and oxygen atoms in total. The van der Waals surface area contributed by atoms with Crippen molar-refractivity contribution >= 4 is 45.2 Å². The molecule has 3 aromatic rings. The summed E-state index contributed by atoms with van der Waals surface area (Å²) in [5.41, 5.74) is 3.86. The van der Waals surface area contributed by atoms with Crippen LogP contribution in [0.25, 0.3) is 0 Å². The molecular weight excluding hydrogens is 487 g/mol. The molecule has 1 aliphatic rings. The van der Waals surface area contributed by atoms with Crippen molar-refractivity contribution in [2.45, 2.75) is 19.9 Å². The number of ether oxygens (including phenoxy) is 1. The van der Waals surface area contributed by atoms with Gasteiger partial charge in [-0.15, -0.1) is 0 Å². The highest BCUT2D eigenvalue weighted by molar-refractivity contribution is 7.81. The van der Waals surface area contributed by atoms with Gasteiger partial charge in [0, 0.05) is 25.2 Å². The summed E-state index contributed by atoms with van der Waals surface area (Å²) in [5.74, 6) is 0.848. The number of hydrogen-bond acceptors (Lipinski definition) is 10. The Balaban J connectivity index is 1.58. The second-order valence-corrected chi connectivity index (χ2v) is 9.09. The topological polar surface area (TPSA) is 119 Å². The van der Waals surface area contributed by atoms with E-state index in [1.807, 2.05) is 6.07 Å². The average Bonchev–Trinajstić information content (AvgIpc) is 2.76. The van der Waals surface area contributed by atoms with Gasteiger partial charge < -0.3 is 24.5 Å².